The highest BCUT2D eigenvalue weighted by Crippen LogP contribution is 2.12. The number of pyridine rings is 1. The number of esters is 1. The van der Waals surface area contributed by atoms with Crippen LogP contribution in [0, 0.1) is 0 Å². The highest BCUT2D eigenvalue weighted by Gasteiger charge is 2.18. The molecule has 0 spiro atoms. The topological polar surface area (TPSA) is 59.4 Å². The molecular weight excluding hydrogens is 182 g/mol. The molecule has 0 saturated heterocycles. The number of aromatic nitrogens is 1. The Bertz CT molecular complexity index is 324. The zero-order valence-corrected chi connectivity index (χ0v) is 8.44. The van der Waals surface area contributed by atoms with E-state index in [1.165, 1.54) is 18.3 Å². The van der Waals surface area contributed by atoms with Crippen LogP contribution < -0.4 is 0 Å². The molecule has 1 heterocycles. The lowest BCUT2D eigenvalue weighted by Gasteiger charge is -2.18. The van der Waals surface area contributed by atoms with Crippen LogP contribution in [0.25, 0.3) is 0 Å². The van der Waals surface area contributed by atoms with E-state index in [9.17, 15) is 4.79 Å². The van der Waals surface area contributed by atoms with Gasteiger partial charge in [-0.1, -0.05) is 0 Å². The van der Waals surface area contributed by atoms with E-state index < -0.39 is 11.6 Å². The van der Waals surface area contributed by atoms with E-state index in [4.69, 9.17) is 9.84 Å². The molecule has 0 atom stereocenters. The molecule has 0 radical (unpaired) electrons. The predicted molar refractivity (Wildman–Crippen MR) is 51.1 cm³/mol. The van der Waals surface area contributed by atoms with Gasteiger partial charge in [-0.15, -0.1) is 0 Å². The molecule has 4 nitrogen and oxygen atoms in total. The number of carbonyl (C=O) groups is 1. The van der Waals surface area contributed by atoms with E-state index in [-0.39, 0.29) is 11.4 Å². The molecule has 0 aliphatic carbocycles. The van der Waals surface area contributed by atoms with Crippen molar-refractivity contribution in [2.75, 3.05) is 0 Å². The van der Waals surface area contributed by atoms with Crippen LogP contribution >= 0.6 is 0 Å². The summed E-state index contributed by atoms with van der Waals surface area (Å²) in [5.74, 6) is -0.463. The molecule has 1 N–H and O–H groups in total. The van der Waals surface area contributed by atoms with Gasteiger partial charge in [0.15, 0.2) is 0 Å². The van der Waals surface area contributed by atoms with E-state index in [2.05, 4.69) is 4.98 Å². The lowest BCUT2D eigenvalue weighted by atomic mass is 10.2. The summed E-state index contributed by atoms with van der Waals surface area (Å²) in [5.41, 5.74) is -0.339. The lowest BCUT2D eigenvalue weighted by molar-refractivity contribution is 0.00629. The van der Waals surface area contributed by atoms with Gasteiger partial charge >= 0.3 is 5.97 Å². The second-order valence-electron chi connectivity index (χ2n) is 3.90. The first kappa shape index (κ1) is 10.5. The van der Waals surface area contributed by atoms with Crippen LogP contribution in [-0.4, -0.2) is 21.7 Å². The molecule has 0 aliphatic heterocycles. The Morgan fingerprint density at radius 2 is 2.07 bits per heavy atom. The predicted octanol–water partition coefficient (Wildman–Crippen LogP) is 1.74. The number of ether oxygens (including phenoxy) is 1. The second kappa shape index (κ2) is 3.65. The summed E-state index contributed by atoms with van der Waals surface area (Å²) in [6.45, 7) is 5.35. The molecule has 0 unspecified atom stereocenters. The van der Waals surface area contributed by atoms with Crippen molar-refractivity contribution in [1.82, 2.24) is 4.98 Å². The summed E-state index contributed by atoms with van der Waals surface area (Å²) in [6.07, 6.45) is 1.21. The van der Waals surface area contributed by atoms with Crippen LogP contribution in [0.15, 0.2) is 18.3 Å². The Balaban J connectivity index is 2.76. The smallest absolute Gasteiger partial charge is 0.357 e. The minimum atomic E-state index is -0.531. The van der Waals surface area contributed by atoms with Crippen LogP contribution in [0.3, 0.4) is 0 Å². The van der Waals surface area contributed by atoms with Crippen molar-refractivity contribution in [3.05, 3.63) is 24.0 Å². The largest absolute Gasteiger partial charge is 0.506 e. The Morgan fingerprint density at radius 1 is 1.43 bits per heavy atom. The molecule has 4 heteroatoms. The normalized spacial score (nSPS) is 11.1. The molecule has 0 amide bonds. The molecule has 1 rings (SSSR count). The van der Waals surface area contributed by atoms with Crippen LogP contribution in [0.4, 0.5) is 0 Å². The van der Waals surface area contributed by atoms with E-state index >= 15 is 0 Å². The summed E-state index contributed by atoms with van der Waals surface area (Å²) in [7, 11) is 0. The van der Waals surface area contributed by atoms with Crippen molar-refractivity contribution >= 4 is 5.97 Å². The van der Waals surface area contributed by atoms with Gasteiger partial charge in [-0.2, -0.15) is 0 Å². The van der Waals surface area contributed by atoms with Gasteiger partial charge in [0.2, 0.25) is 0 Å². The molecule has 0 saturated carbocycles. The number of hydrogen-bond donors (Lipinski definition) is 1. The average Bonchev–Trinajstić information content (AvgIpc) is 2.02. The molecule has 0 aliphatic rings. The van der Waals surface area contributed by atoms with Gasteiger partial charge in [-0.3, -0.25) is 0 Å². The number of hydrogen-bond acceptors (Lipinski definition) is 4. The molecule has 1 aromatic rings. The quantitative estimate of drug-likeness (QED) is 0.693. The Labute approximate surface area is 82.5 Å². The first-order valence-corrected chi connectivity index (χ1v) is 4.27. The third kappa shape index (κ3) is 3.05. The Morgan fingerprint density at radius 3 is 2.50 bits per heavy atom. The fourth-order valence-electron chi connectivity index (χ4n) is 0.837. The summed E-state index contributed by atoms with van der Waals surface area (Å²) < 4.78 is 5.08. The van der Waals surface area contributed by atoms with Crippen LogP contribution in [0.5, 0.6) is 5.75 Å². The molecule has 0 bridgehead atoms. The second-order valence-corrected chi connectivity index (χ2v) is 3.90. The fraction of sp³-hybridized carbons (Fsp3) is 0.400. The van der Waals surface area contributed by atoms with Gasteiger partial charge < -0.3 is 9.84 Å². The van der Waals surface area contributed by atoms with Crippen molar-refractivity contribution in [3.63, 3.8) is 0 Å². The van der Waals surface area contributed by atoms with Crippen molar-refractivity contribution in [3.8, 4) is 5.75 Å². The average molecular weight is 195 g/mol. The van der Waals surface area contributed by atoms with Crippen LogP contribution in [0.2, 0.25) is 0 Å². The van der Waals surface area contributed by atoms with E-state index in [0.717, 1.165) is 0 Å². The summed E-state index contributed by atoms with van der Waals surface area (Å²) in [4.78, 5) is 15.1. The Hall–Kier alpha value is -1.58. The molecule has 0 fully saturated rings. The van der Waals surface area contributed by atoms with Gasteiger partial charge in [0, 0.05) is 0 Å². The van der Waals surface area contributed by atoms with Gasteiger partial charge in [-0.25, -0.2) is 9.78 Å². The van der Waals surface area contributed by atoms with Crippen molar-refractivity contribution in [1.29, 1.82) is 0 Å². The molecular formula is C10H13NO3. The van der Waals surface area contributed by atoms with Crippen LogP contribution in [0.1, 0.15) is 31.3 Å². The number of carbonyl (C=O) groups excluding carboxylic acids is 1. The van der Waals surface area contributed by atoms with E-state index in [1.54, 1.807) is 20.8 Å². The zero-order valence-electron chi connectivity index (χ0n) is 8.44. The highest BCUT2D eigenvalue weighted by molar-refractivity contribution is 5.87. The summed E-state index contributed by atoms with van der Waals surface area (Å²) in [6, 6.07) is 2.82. The Kier molecular flexibility index (Phi) is 2.74. The maximum atomic E-state index is 11.4. The molecule has 14 heavy (non-hydrogen) atoms. The van der Waals surface area contributed by atoms with Crippen molar-refractivity contribution < 1.29 is 14.6 Å². The number of nitrogens with zero attached hydrogens (tertiary/aromatic N) is 1. The third-order valence-corrected chi connectivity index (χ3v) is 1.36. The zero-order chi connectivity index (χ0) is 10.8. The first-order chi connectivity index (χ1) is 6.38. The standard InChI is InChI=1S/C10H13NO3/c1-10(2,3)14-9(13)8-5-4-7(12)6-11-8/h4-6,12H,1-3H3. The third-order valence-electron chi connectivity index (χ3n) is 1.36. The monoisotopic (exact) mass is 195 g/mol. The number of aromatic hydroxyl groups is 1. The fourth-order valence-corrected chi connectivity index (χ4v) is 0.837. The minimum absolute atomic E-state index is 0.0253. The molecule has 76 valence electrons. The molecule has 0 aromatic carbocycles. The summed E-state index contributed by atoms with van der Waals surface area (Å²) >= 11 is 0. The number of rotatable bonds is 1. The summed E-state index contributed by atoms with van der Waals surface area (Å²) in [5, 5.41) is 8.96. The van der Waals surface area contributed by atoms with Gasteiger partial charge in [0.1, 0.15) is 17.0 Å². The van der Waals surface area contributed by atoms with E-state index in [1.807, 2.05) is 0 Å². The van der Waals surface area contributed by atoms with Crippen molar-refractivity contribution in [2.45, 2.75) is 26.4 Å². The van der Waals surface area contributed by atoms with Crippen LogP contribution in [-0.2, 0) is 4.74 Å². The minimum Gasteiger partial charge on any atom is -0.506 e. The first-order valence-electron chi connectivity index (χ1n) is 4.27. The van der Waals surface area contributed by atoms with Gasteiger partial charge in [-0.05, 0) is 32.9 Å². The highest BCUT2D eigenvalue weighted by atomic mass is 16.6. The maximum absolute atomic E-state index is 11.4. The lowest BCUT2D eigenvalue weighted by Crippen LogP contribution is -2.24. The van der Waals surface area contributed by atoms with E-state index in [0.29, 0.717) is 0 Å². The maximum Gasteiger partial charge on any atom is 0.357 e. The van der Waals surface area contributed by atoms with Crippen molar-refractivity contribution in [2.24, 2.45) is 0 Å². The van der Waals surface area contributed by atoms with Gasteiger partial charge in [0.05, 0.1) is 6.20 Å². The molecule has 1 aromatic heterocycles. The van der Waals surface area contributed by atoms with Gasteiger partial charge in [0.25, 0.3) is 0 Å². The SMILES string of the molecule is CC(C)(C)OC(=O)c1ccc(O)cn1.